The minimum absolute atomic E-state index is 0.573. The van der Waals surface area contributed by atoms with Crippen molar-refractivity contribution >= 4 is 17.6 Å². The van der Waals surface area contributed by atoms with E-state index in [9.17, 15) is 0 Å². The number of hydrazine groups is 1. The average Bonchev–Trinajstić information content (AvgIpc) is 3.24. The molecule has 0 bridgehead atoms. The average molecular weight is 315 g/mol. The number of aromatic nitrogens is 2. The van der Waals surface area contributed by atoms with E-state index in [1.807, 2.05) is 24.2 Å². The first-order valence-electron chi connectivity index (χ1n) is 7.91. The van der Waals surface area contributed by atoms with Gasteiger partial charge in [-0.15, -0.1) is 0 Å². The summed E-state index contributed by atoms with van der Waals surface area (Å²) in [7, 11) is 1.98. The molecule has 0 unspecified atom stereocenters. The molecule has 0 saturated carbocycles. The maximum absolute atomic E-state index is 5.36. The summed E-state index contributed by atoms with van der Waals surface area (Å²) < 4.78 is 5.36. The Morgan fingerprint density at radius 3 is 2.87 bits per heavy atom. The molecule has 122 valence electrons. The van der Waals surface area contributed by atoms with Crippen molar-refractivity contribution in [2.45, 2.75) is 13.1 Å². The van der Waals surface area contributed by atoms with Gasteiger partial charge in [-0.1, -0.05) is 0 Å². The van der Waals surface area contributed by atoms with Crippen molar-refractivity contribution < 1.29 is 4.42 Å². The molecule has 1 fully saturated rings. The predicted octanol–water partition coefficient (Wildman–Crippen LogP) is 0.546. The van der Waals surface area contributed by atoms with E-state index in [2.05, 4.69) is 25.9 Å². The SMILES string of the molecule is CN1NCc2c(N3CCNCC3)nc(NCc3ccco3)nc21. The zero-order valence-corrected chi connectivity index (χ0v) is 13.2. The molecule has 8 heteroatoms. The lowest BCUT2D eigenvalue weighted by Crippen LogP contribution is -2.44. The van der Waals surface area contributed by atoms with Gasteiger partial charge in [-0.25, -0.2) is 5.43 Å². The van der Waals surface area contributed by atoms with Crippen molar-refractivity contribution in [2.75, 3.05) is 48.5 Å². The third kappa shape index (κ3) is 2.82. The van der Waals surface area contributed by atoms with E-state index in [-0.39, 0.29) is 0 Å². The number of nitrogens with zero attached hydrogens (tertiary/aromatic N) is 4. The number of anilines is 3. The van der Waals surface area contributed by atoms with Crippen LogP contribution >= 0.6 is 0 Å². The largest absolute Gasteiger partial charge is 0.467 e. The number of fused-ring (bicyclic) bond motifs is 1. The Morgan fingerprint density at radius 1 is 1.26 bits per heavy atom. The number of hydrogen-bond acceptors (Lipinski definition) is 8. The highest BCUT2D eigenvalue weighted by molar-refractivity contribution is 5.65. The lowest BCUT2D eigenvalue weighted by atomic mass is 10.2. The summed E-state index contributed by atoms with van der Waals surface area (Å²) in [5.74, 6) is 3.46. The molecule has 0 aromatic carbocycles. The summed E-state index contributed by atoms with van der Waals surface area (Å²) in [6.07, 6.45) is 1.67. The Kier molecular flexibility index (Phi) is 3.76. The second kappa shape index (κ2) is 6.05. The van der Waals surface area contributed by atoms with Crippen LogP contribution in [0.4, 0.5) is 17.6 Å². The lowest BCUT2D eigenvalue weighted by molar-refractivity contribution is 0.517. The van der Waals surface area contributed by atoms with Crippen molar-refractivity contribution in [3.05, 3.63) is 29.7 Å². The first-order valence-corrected chi connectivity index (χ1v) is 7.91. The zero-order valence-electron chi connectivity index (χ0n) is 13.2. The molecule has 0 radical (unpaired) electrons. The Morgan fingerprint density at radius 2 is 2.09 bits per heavy atom. The van der Waals surface area contributed by atoms with Crippen LogP contribution in [0.5, 0.6) is 0 Å². The summed E-state index contributed by atoms with van der Waals surface area (Å²) in [6.45, 7) is 5.23. The lowest BCUT2D eigenvalue weighted by Gasteiger charge is -2.30. The van der Waals surface area contributed by atoms with Gasteiger partial charge in [-0.2, -0.15) is 9.97 Å². The third-order valence-corrected chi connectivity index (χ3v) is 4.19. The molecule has 4 rings (SSSR count). The predicted molar refractivity (Wildman–Crippen MR) is 88.4 cm³/mol. The number of hydrogen-bond donors (Lipinski definition) is 3. The van der Waals surface area contributed by atoms with Crippen molar-refractivity contribution in [3.63, 3.8) is 0 Å². The highest BCUT2D eigenvalue weighted by Crippen LogP contribution is 2.31. The van der Waals surface area contributed by atoms with Gasteiger partial charge in [0.1, 0.15) is 11.6 Å². The van der Waals surface area contributed by atoms with E-state index in [0.29, 0.717) is 12.5 Å². The Bertz CT molecular complexity index is 667. The normalized spacial score (nSPS) is 17.4. The molecule has 0 amide bonds. The molecule has 23 heavy (non-hydrogen) atoms. The van der Waals surface area contributed by atoms with Gasteiger partial charge < -0.3 is 20.0 Å². The monoisotopic (exact) mass is 315 g/mol. The smallest absolute Gasteiger partial charge is 0.227 e. The molecule has 4 heterocycles. The molecular weight excluding hydrogens is 294 g/mol. The third-order valence-electron chi connectivity index (χ3n) is 4.19. The maximum atomic E-state index is 5.36. The summed E-state index contributed by atoms with van der Waals surface area (Å²) >= 11 is 0. The topological polar surface area (TPSA) is 81.5 Å². The van der Waals surface area contributed by atoms with Gasteiger partial charge in [0.25, 0.3) is 0 Å². The van der Waals surface area contributed by atoms with Gasteiger partial charge in [0.15, 0.2) is 5.82 Å². The molecule has 2 aliphatic heterocycles. The van der Waals surface area contributed by atoms with Crippen LogP contribution in [-0.2, 0) is 13.1 Å². The van der Waals surface area contributed by atoms with Crippen LogP contribution in [0.2, 0.25) is 0 Å². The number of piperazine rings is 1. The number of rotatable bonds is 4. The first-order chi connectivity index (χ1) is 11.3. The van der Waals surface area contributed by atoms with E-state index in [1.54, 1.807) is 6.26 Å². The molecule has 0 aliphatic carbocycles. The van der Waals surface area contributed by atoms with Crippen molar-refractivity contribution in [1.29, 1.82) is 0 Å². The summed E-state index contributed by atoms with van der Waals surface area (Å²) in [5.41, 5.74) is 4.47. The highest BCUT2D eigenvalue weighted by atomic mass is 16.3. The number of furan rings is 1. The van der Waals surface area contributed by atoms with Crippen molar-refractivity contribution in [1.82, 2.24) is 20.7 Å². The molecule has 3 N–H and O–H groups in total. The van der Waals surface area contributed by atoms with Crippen LogP contribution in [0.15, 0.2) is 22.8 Å². The quantitative estimate of drug-likeness (QED) is 0.754. The first kappa shape index (κ1) is 14.3. The van der Waals surface area contributed by atoms with Gasteiger partial charge in [-0.05, 0) is 12.1 Å². The highest BCUT2D eigenvalue weighted by Gasteiger charge is 2.26. The fourth-order valence-electron chi connectivity index (χ4n) is 2.97. The van der Waals surface area contributed by atoms with Crippen LogP contribution in [0.3, 0.4) is 0 Å². The van der Waals surface area contributed by atoms with Crippen LogP contribution in [0.1, 0.15) is 11.3 Å². The summed E-state index contributed by atoms with van der Waals surface area (Å²) in [5, 5.41) is 8.60. The van der Waals surface area contributed by atoms with E-state index < -0.39 is 0 Å². The van der Waals surface area contributed by atoms with Gasteiger partial charge in [-0.3, -0.25) is 5.01 Å². The van der Waals surface area contributed by atoms with Gasteiger partial charge >= 0.3 is 0 Å². The van der Waals surface area contributed by atoms with Crippen LogP contribution < -0.4 is 26.0 Å². The van der Waals surface area contributed by atoms with E-state index in [4.69, 9.17) is 9.40 Å². The van der Waals surface area contributed by atoms with Crippen LogP contribution in [0.25, 0.3) is 0 Å². The zero-order chi connectivity index (χ0) is 15.6. The molecule has 8 nitrogen and oxygen atoms in total. The van der Waals surface area contributed by atoms with Gasteiger partial charge in [0, 0.05) is 39.8 Å². The summed E-state index contributed by atoms with van der Waals surface area (Å²) in [6, 6.07) is 3.82. The van der Waals surface area contributed by atoms with Gasteiger partial charge in [0.05, 0.1) is 18.4 Å². The molecule has 0 spiro atoms. The number of nitrogens with one attached hydrogen (secondary N) is 3. The molecule has 0 atom stereocenters. The fourth-order valence-corrected chi connectivity index (χ4v) is 2.97. The second-order valence-corrected chi connectivity index (χ2v) is 5.74. The molecule has 2 aliphatic rings. The minimum atomic E-state index is 0.573. The van der Waals surface area contributed by atoms with Crippen molar-refractivity contribution in [2.24, 2.45) is 0 Å². The molecule has 2 aromatic rings. The van der Waals surface area contributed by atoms with Crippen LogP contribution in [0, 0.1) is 0 Å². The Balaban J connectivity index is 1.62. The van der Waals surface area contributed by atoms with Crippen LogP contribution in [-0.4, -0.2) is 43.2 Å². The molecule has 2 aromatic heterocycles. The van der Waals surface area contributed by atoms with Crippen molar-refractivity contribution in [3.8, 4) is 0 Å². The Hall–Kier alpha value is -2.32. The van der Waals surface area contributed by atoms with Gasteiger partial charge in [0.2, 0.25) is 5.95 Å². The maximum Gasteiger partial charge on any atom is 0.227 e. The Labute approximate surface area is 134 Å². The standard InChI is InChI=1S/C15H21N7O/c1-21-13-12(10-18-21)14(22-6-4-16-5-7-22)20-15(19-13)17-9-11-3-2-8-23-11/h2-3,8,16,18H,4-7,9-10H2,1H3,(H,17,19,20). The molecule has 1 saturated heterocycles. The minimum Gasteiger partial charge on any atom is -0.467 e. The van der Waals surface area contributed by atoms with E-state index in [1.165, 1.54) is 0 Å². The van der Waals surface area contributed by atoms with E-state index >= 15 is 0 Å². The molecular formula is C15H21N7O. The second-order valence-electron chi connectivity index (χ2n) is 5.74. The summed E-state index contributed by atoms with van der Waals surface area (Å²) in [4.78, 5) is 11.7. The fraction of sp³-hybridized carbons (Fsp3) is 0.467. The van der Waals surface area contributed by atoms with E-state index in [0.717, 1.165) is 55.7 Å².